The van der Waals surface area contributed by atoms with E-state index in [4.69, 9.17) is 43.8 Å². The second-order valence-corrected chi connectivity index (χ2v) is 49.9. The van der Waals surface area contributed by atoms with Gasteiger partial charge >= 0.3 is 11.9 Å². The molecule has 0 aromatic carbocycles. The number of carbonyl (C=O) groups excluding carboxylic acids is 2. The zero-order chi connectivity index (χ0) is 74.5. The van der Waals surface area contributed by atoms with Crippen molar-refractivity contribution in [3.63, 3.8) is 0 Å². The van der Waals surface area contributed by atoms with Crippen molar-refractivity contribution in [3.8, 4) is 12.3 Å². The number of aliphatic hydroxyl groups is 3. The van der Waals surface area contributed by atoms with E-state index in [0.717, 1.165) is 49.5 Å². The van der Waals surface area contributed by atoms with E-state index < -0.39 is 43.3 Å². The summed E-state index contributed by atoms with van der Waals surface area (Å²) in [7, 11) is -5.97. The average molecular weight is 1500 g/mol. The van der Waals surface area contributed by atoms with Gasteiger partial charge in [-0.1, -0.05) is 183 Å². The van der Waals surface area contributed by atoms with Crippen LogP contribution in [-0.2, 0) is 41.8 Å². The van der Waals surface area contributed by atoms with Crippen LogP contribution < -0.4 is 0 Å². The van der Waals surface area contributed by atoms with E-state index in [1.165, 1.54) is 56.9 Å². The number of esters is 2. The lowest BCUT2D eigenvalue weighted by Gasteiger charge is -2.45. The van der Waals surface area contributed by atoms with E-state index >= 15 is 0 Å². The Bertz CT molecular complexity index is 2800. The highest BCUT2D eigenvalue weighted by atomic mass is 79.9. The van der Waals surface area contributed by atoms with Gasteiger partial charge in [0.25, 0.3) is 0 Å². The number of cyclic esters (lactones) is 2. The van der Waals surface area contributed by atoms with E-state index in [9.17, 15) is 19.8 Å². The lowest BCUT2D eigenvalue weighted by Crippen LogP contribution is -2.53. The fourth-order valence-electron chi connectivity index (χ4n) is 16.2. The Balaban J connectivity index is 0.000000389. The molecule has 0 aromatic rings. The highest BCUT2D eigenvalue weighted by molar-refractivity contribution is 9.11. The highest BCUT2D eigenvalue weighted by Crippen LogP contribution is 2.62. The summed E-state index contributed by atoms with van der Waals surface area (Å²) in [6.45, 7) is 69.3. The summed E-state index contributed by atoms with van der Waals surface area (Å²) in [5.41, 5.74) is 6.45. The van der Waals surface area contributed by atoms with Gasteiger partial charge in [0, 0.05) is 62.3 Å². The molecule has 7 aliphatic rings. The molecule has 0 aromatic heterocycles. The van der Waals surface area contributed by atoms with Crippen LogP contribution in [0.1, 0.15) is 220 Å². The van der Waals surface area contributed by atoms with Crippen LogP contribution in [0.25, 0.3) is 0 Å². The van der Waals surface area contributed by atoms with Crippen LogP contribution in [0.5, 0.6) is 0 Å². The Kier molecular flexibility index (Phi) is 34.9. The Morgan fingerprint density at radius 3 is 1.59 bits per heavy atom. The van der Waals surface area contributed by atoms with Crippen molar-refractivity contribution in [1.29, 1.82) is 0 Å². The van der Waals surface area contributed by atoms with Gasteiger partial charge < -0.3 is 47.5 Å². The van der Waals surface area contributed by atoms with Crippen molar-refractivity contribution < 1.29 is 61.8 Å². The molecule has 0 unspecified atom stereocenters. The Labute approximate surface area is 614 Å². The number of rotatable bonds is 25. The number of hydrogen-bond acceptors (Lipinski definition) is 12. The lowest BCUT2D eigenvalue weighted by atomic mass is 9.60. The van der Waals surface area contributed by atoms with Gasteiger partial charge in [0.2, 0.25) is 0 Å². The fraction of sp³-hybridized carbons (Fsp3) is 0.780. The lowest BCUT2D eigenvalue weighted by molar-refractivity contribution is -0.141. The third-order valence-corrected chi connectivity index (χ3v) is 39.8. The number of halogens is 2. The summed E-state index contributed by atoms with van der Waals surface area (Å²) in [5, 5.41) is 30.7. The molecule has 568 valence electrons. The molecule has 2 aliphatic heterocycles. The van der Waals surface area contributed by atoms with Crippen LogP contribution in [0.3, 0.4) is 0 Å². The quantitative estimate of drug-likeness (QED) is 0.0199. The average Bonchev–Trinajstić information content (AvgIpc) is 1.63. The van der Waals surface area contributed by atoms with Crippen molar-refractivity contribution in [1.82, 2.24) is 0 Å². The molecule has 0 amide bonds. The number of carbonyl (C=O) groups is 2. The summed E-state index contributed by atoms with van der Waals surface area (Å²) in [6.07, 6.45) is 25.0. The standard InChI is InChI=1S/C31H46O6.C29H60O4Si3.C20H29BrO2.C2H6.FH/c1-18(16-27-19(2)20(3)30(35)37-27)24-11-12-25-22(8-6-13-31(24,25)5)9-10-23-17-26(33)29(28(34)21(23)4)36-15-7-14-32;1-18-21-25(33-36(16,17)29(9,10)11)26(24(19-2)32-35(14,15)28(6,7)8)30-22-20-23-31-34(12,13)27(3,4)5;1-12(10-18-13(2)14(3)19(22)23-18)16-7-8-17-15(11-21)6-5-9-20(16,17)4;1-2;/h9-10,18-19,24-29,32-34H,3-4,6-8,11-17H2,1-2,5H3;1,19,24-26H,2,20-23H2,3-17H3;11-13,16-18H,3,5-10H2,1-2,4H3;1-2H3;1H/b22-9+,23-10-;;15-11+;;/t18-,19-,24-,25+,26-,27+,28-,29+,31-;24-,25-,26-;12-,13-,16-,17+,18+,20-;;/m111../s1. The van der Waals surface area contributed by atoms with Crippen molar-refractivity contribution in [2.45, 2.75) is 324 Å². The van der Waals surface area contributed by atoms with Gasteiger partial charge in [-0.3, -0.25) is 4.70 Å². The first-order valence-electron chi connectivity index (χ1n) is 37.8. The van der Waals surface area contributed by atoms with Gasteiger partial charge in [-0.05, 0) is 207 Å². The largest absolute Gasteiger partial charge is 0.458 e. The number of allylic oxidation sites excluding steroid dienone is 4. The van der Waals surface area contributed by atoms with Crippen LogP contribution in [-0.4, -0.2) is 127 Å². The topological polar surface area (TPSA) is 159 Å². The number of fused-ring (bicyclic) bond motifs is 2. The molecule has 2 heterocycles. The maximum Gasteiger partial charge on any atom is 0.334 e. The second-order valence-electron chi connectivity index (χ2n) is 35.1. The SMILES string of the molecule is C#CC[C@@H](O[Si](C)(C)C(C)(C)C)[C@H](OCCCO[Si](C)(C)C(C)(C)C)[C@@H](C=C)O[Si](C)(C)C(C)(C)C.C=C1C(=O)O[C@@H](C[C@@H](C)[C@H]2CC[C@H]3/C(=C/Br)CCC[C@]23C)[C@@H]1C.C=C1C(=O)O[C@@H](C[C@@H](C)[C@H]2CC[C@H]3/C(=C/C=C4/C[C@@H](O)[C@H](OCCCO)[C@H](O)C4=C)CCC[C@]23C)[C@@H]1C.CC.F. The zero-order valence-corrected chi connectivity index (χ0v) is 71.0. The Morgan fingerprint density at radius 1 is 0.697 bits per heavy atom. The van der Waals surface area contributed by atoms with Crippen molar-refractivity contribution in [3.05, 3.63) is 83.0 Å². The van der Waals surface area contributed by atoms with Crippen LogP contribution in [0.2, 0.25) is 54.4 Å². The normalized spacial score (nSPS) is 31.8. The number of hydrogen-bond donors (Lipinski definition) is 3. The smallest absolute Gasteiger partial charge is 0.334 e. The highest BCUT2D eigenvalue weighted by Gasteiger charge is 2.54. The van der Waals surface area contributed by atoms with Gasteiger partial charge in [-0.2, -0.15) is 0 Å². The van der Waals surface area contributed by atoms with Crippen LogP contribution in [0.4, 0.5) is 4.70 Å². The summed E-state index contributed by atoms with van der Waals surface area (Å²) >= 11 is 3.59. The second kappa shape index (κ2) is 38.1. The molecule has 0 bridgehead atoms. The molecule has 5 saturated carbocycles. The molecule has 7 rings (SSSR count). The monoisotopic (exact) mass is 1500 g/mol. The van der Waals surface area contributed by atoms with E-state index in [1.807, 2.05) is 19.9 Å². The minimum Gasteiger partial charge on any atom is -0.458 e. The van der Waals surface area contributed by atoms with Gasteiger partial charge in [-0.25, -0.2) is 9.59 Å². The van der Waals surface area contributed by atoms with Crippen molar-refractivity contribution in [2.75, 3.05) is 26.4 Å². The summed E-state index contributed by atoms with van der Waals surface area (Å²) in [4.78, 5) is 25.9. The molecule has 0 radical (unpaired) electrons. The van der Waals surface area contributed by atoms with Gasteiger partial charge in [0.15, 0.2) is 25.0 Å². The molecule has 17 heteroatoms. The predicted molar refractivity (Wildman–Crippen MR) is 420 cm³/mol. The van der Waals surface area contributed by atoms with Crippen molar-refractivity contribution >= 4 is 52.8 Å². The fourth-order valence-corrected chi connectivity index (χ4v) is 20.4. The summed E-state index contributed by atoms with van der Waals surface area (Å²) < 4.78 is 43.5. The molecule has 12 nitrogen and oxygen atoms in total. The maximum atomic E-state index is 12.0. The minimum absolute atomic E-state index is 0. The Hall–Kier alpha value is -2.58. The number of ether oxygens (including phenoxy) is 4. The molecule has 7 fully saturated rings. The predicted octanol–water partition coefficient (Wildman–Crippen LogP) is 20.2. The molecule has 5 aliphatic carbocycles. The van der Waals surface area contributed by atoms with Gasteiger partial charge in [0.1, 0.15) is 30.5 Å². The molecule has 18 atom stereocenters. The van der Waals surface area contributed by atoms with E-state index in [-0.39, 0.29) is 86.1 Å². The number of terminal acetylenes is 1. The first kappa shape index (κ1) is 90.6. The van der Waals surface area contributed by atoms with E-state index in [1.54, 1.807) is 5.57 Å². The van der Waals surface area contributed by atoms with E-state index in [0.29, 0.717) is 84.9 Å². The zero-order valence-electron chi connectivity index (χ0n) is 66.4. The van der Waals surface area contributed by atoms with Crippen LogP contribution in [0, 0.1) is 70.5 Å². The third kappa shape index (κ3) is 22.5. The molecular weight excluding hydrogens is 1360 g/mol. The van der Waals surface area contributed by atoms with Gasteiger partial charge in [-0.15, -0.1) is 18.9 Å². The van der Waals surface area contributed by atoms with Crippen LogP contribution >= 0.6 is 15.9 Å². The molecule has 3 N–H and O–H groups in total. The third-order valence-electron chi connectivity index (χ3n) is 25.7. The van der Waals surface area contributed by atoms with Crippen molar-refractivity contribution in [2.24, 2.45) is 58.2 Å². The molecule has 2 saturated heterocycles. The summed E-state index contributed by atoms with van der Waals surface area (Å²) in [5.74, 6) is 6.30. The Morgan fingerprint density at radius 2 is 1.16 bits per heavy atom. The minimum atomic E-state index is -2.10. The molecule has 99 heavy (non-hydrogen) atoms. The van der Waals surface area contributed by atoms with Crippen LogP contribution in [0.15, 0.2) is 83.0 Å². The summed E-state index contributed by atoms with van der Waals surface area (Å²) in [6, 6.07) is 0. The molecule has 0 spiro atoms. The first-order chi connectivity index (χ1) is 45.4. The van der Waals surface area contributed by atoms with E-state index in [2.05, 4.69) is 208 Å². The number of aliphatic hydroxyl groups excluding tert-OH is 3. The van der Waals surface area contributed by atoms with Gasteiger partial charge in [0.05, 0.1) is 18.3 Å². The molecular formula is C82H142BrFO12Si3. The maximum absolute atomic E-state index is 12.0. The first-order valence-corrected chi connectivity index (χ1v) is 47.5.